The van der Waals surface area contributed by atoms with Gasteiger partial charge in [0.1, 0.15) is 23.4 Å². The largest absolute Gasteiger partial charge is 0.485 e. The van der Waals surface area contributed by atoms with Crippen molar-refractivity contribution < 1.29 is 37.0 Å². The second-order valence-corrected chi connectivity index (χ2v) is 7.69. The van der Waals surface area contributed by atoms with E-state index in [0.717, 1.165) is 12.1 Å². The number of ketones is 1. The summed E-state index contributed by atoms with van der Waals surface area (Å²) in [5, 5.41) is 2.62. The second-order valence-electron chi connectivity index (χ2n) is 7.69. The molecule has 35 heavy (non-hydrogen) atoms. The van der Waals surface area contributed by atoms with Gasteiger partial charge in [0.15, 0.2) is 30.6 Å². The number of benzene rings is 3. The molecule has 1 heterocycles. The number of nitrogens with one attached hydrogen (secondary N) is 1. The van der Waals surface area contributed by atoms with Gasteiger partial charge >= 0.3 is 0 Å². The number of carbonyl (C=O) groups excluding carboxylic acids is 3. The van der Waals surface area contributed by atoms with E-state index in [9.17, 15) is 27.6 Å². The summed E-state index contributed by atoms with van der Waals surface area (Å²) in [6.07, 6.45) is 0. The fourth-order valence-electron chi connectivity index (χ4n) is 3.47. The minimum absolute atomic E-state index is 0.0264. The van der Waals surface area contributed by atoms with E-state index >= 15 is 0 Å². The molecule has 10 heteroatoms. The van der Waals surface area contributed by atoms with Crippen molar-refractivity contribution in [3.63, 3.8) is 0 Å². The molecule has 4 rings (SSSR count). The molecule has 0 radical (unpaired) electrons. The molecule has 0 aliphatic carbocycles. The van der Waals surface area contributed by atoms with Crippen LogP contribution in [-0.4, -0.2) is 36.9 Å². The minimum Gasteiger partial charge on any atom is -0.485 e. The second kappa shape index (κ2) is 9.88. The van der Waals surface area contributed by atoms with Crippen LogP contribution in [0.15, 0.2) is 60.7 Å². The van der Waals surface area contributed by atoms with Gasteiger partial charge in [0.2, 0.25) is 5.91 Å². The Morgan fingerprint density at radius 1 is 1.03 bits per heavy atom. The van der Waals surface area contributed by atoms with E-state index in [4.69, 9.17) is 9.47 Å². The number of Topliss-reactive ketones (excluding diaryl/α,β-unsaturated/α-hetero) is 1. The highest BCUT2D eigenvalue weighted by Gasteiger charge is 2.33. The molecule has 7 nitrogen and oxygen atoms in total. The third-order valence-electron chi connectivity index (χ3n) is 5.30. The van der Waals surface area contributed by atoms with Gasteiger partial charge in [0, 0.05) is 17.3 Å². The topological polar surface area (TPSA) is 84.9 Å². The summed E-state index contributed by atoms with van der Waals surface area (Å²) in [6, 6.07) is 11.4. The van der Waals surface area contributed by atoms with Crippen molar-refractivity contribution in [1.29, 1.82) is 0 Å². The number of amides is 2. The van der Waals surface area contributed by atoms with Crippen LogP contribution in [0.5, 0.6) is 11.5 Å². The van der Waals surface area contributed by atoms with Gasteiger partial charge in [-0.1, -0.05) is 0 Å². The van der Waals surface area contributed by atoms with Gasteiger partial charge in [-0.3, -0.25) is 19.3 Å². The van der Waals surface area contributed by atoms with Crippen LogP contribution in [0.3, 0.4) is 0 Å². The van der Waals surface area contributed by atoms with E-state index in [0.29, 0.717) is 11.4 Å². The zero-order valence-corrected chi connectivity index (χ0v) is 18.4. The zero-order chi connectivity index (χ0) is 25.1. The lowest BCUT2D eigenvalue weighted by molar-refractivity contribution is -0.125. The molecule has 0 spiro atoms. The monoisotopic (exact) mass is 484 g/mol. The molecule has 1 atom stereocenters. The summed E-state index contributed by atoms with van der Waals surface area (Å²) in [5.74, 6) is -3.87. The number of rotatable bonds is 7. The Balaban J connectivity index is 1.52. The summed E-state index contributed by atoms with van der Waals surface area (Å²) in [4.78, 5) is 39.3. The summed E-state index contributed by atoms with van der Waals surface area (Å²) in [5.41, 5.74) is 0.713. The lowest BCUT2D eigenvalue weighted by atomic mass is 10.1. The number of ether oxygens (including phenoxy) is 2. The van der Waals surface area contributed by atoms with Crippen molar-refractivity contribution in [2.75, 3.05) is 23.4 Å². The zero-order valence-electron chi connectivity index (χ0n) is 18.4. The Kier molecular flexibility index (Phi) is 6.72. The molecule has 1 aliphatic heterocycles. The first-order valence-corrected chi connectivity index (χ1v) is 10.5. The van der Waals surface area contributed by atoms with Crippen LogP contribution < -0.4 is 19.7 Å². The molecule has 1 N–H and O–H groups in total. The maximum absolute atomic E-state index is 13.4. The Morgan fingerprint density at radius 3 is 2.49 bits per heavy atom. The summed E-state index contributed by atoms with van der Waals surface area (Å²) in [7, 11) is 0. The lowest BCUT2D eigenvalue weighted by Gasteiger charge is -2.33. The van der Waals surface area contributed by atoms with Crippen LogP contribution >= 0.6 is 0 Å². The van der Waals surface area contributed by atoms with Crippen molar-refractivity contribution in [1.82, 2.24) is 0 Å². The third-order valence-corrected chi connectivity index (χ3v) is 5.30. The van der Waals surface area contributed by atoms with E-state index in [-0.39, 0.29) is 23.6 Å². The van der Waals surface area contributed by atoms with E-state index < -0.39 is 47.7 Å². The number of hydrogen-bond donors (Lipinski definition) is 1. The van der Waals surface area contributed by atoms with E-state index in [1.54, 1.807) is 0 Å². The first-order chi connectivity index (χ1) is 16.7. The first-order valence-electron chi connectivity index (χ1n) is 10.5. The average Bonchev–Trinajstić information content (AvgIpc) is 2.85. The molecule has 3 aromatic carbocycles. The van der Waals surface area contributed by atoms with E-state index in [2.05, 4.69) is 5.32 Å². The normalized spacial score (nSPS) is 13.5. The van der Waals surface area contributed by atoms with Crippen LogP contribution in [0.2, 0.25) is 0 Å². The quantitative estimate of drug-likeness (QED) is 0.510. The van der Waals surface area contributed by atoms with Gasteiger partial charge < -0.3 is 14.8 Å². The number of anilines is 2. The number of halogens is 3. The van der Waals surface area contributed by atoms with E-state index in [1.807, 2.05) is 0 Å². The molecule has 0 saturated carbocycles. The number of nitrogens with zero attached hydrogens (tertiary/aromatic N) is 1. The van der Waals surface area contributed by atoms with Crippen LogP contribution in [-0.2, 0) is 9.59 Å². The van der Waals surface area contributed by atoms with Crippen molar-refractivity contribution in [3.8, 4) is 11.5 Å². The Morgan fingerprint density at radius 2 is 1.77 bits per heavy atom. The maximum atomic E-state index is 13.4. The van der Waals surface area contributed by atoms with Crippen LogP contribution in [0.1, 0.15) is 17.3 Å². The minimum atomic E-state index is -1.11. The predicted molar refractivity (Wildman–Crippen MR) is 120 cm³/mol. The predicted octanol–water partition coefficient (Wildman–Crippen LogP) is 4.12. The average molecular weight is 484 g/mol. The molecule has 1 unspecified atom stereocenters. The van der Waals surface area contributed by atoms with Crippen LogP contribution in [0, 0.1) is 17.5 Å². The van der Waals surface area contributed by atoms with Gasteiger partial charge in [-0.2, -0.15) is 0 Å². The molecule has 1 aliphatic rings. The van der Waals surface area contributed by atoms with Crippen molar-refractivity contribution in [2.24, 2.45) is 0 Å². The molecule has 0 fully saturated rings. The lowest BCUT2D eigenvalue weighted by Crippen LogP contribution is -2.49. The summed E-state index contributed by atoms with van der Waals surface area (Å²) in [6.45, 7) is 0.736. The van der Waals surface area contributed by atoms with Gasteiger partial charge in [-0.25, -0.2) is 13.2 Å². The Labute approximate surface area is 198 Å². The Hall–Kier alpha value is -4.34. The first kappa shape index (κ1) is 23.8. The molecule has 0 bridgehead atoms. The highest BCUT2D eigenvalue weighted by Crippen LogP contribution is 2.35. The molecular weight excluding hydrogens is 465 g/mol. The standard InChI is InChI=1S/C25H19F3N2O5/c1-14(25(33)29-17-5-3-16(26)4-6-17)30-21-10-15(2-9-23(21)35-13-24(30)32)22(31)12-34-18-7-8-19(27)20(28)11-18/h2-11,14H,12-13H2,1H3,(H,29,33). The number of hydrogen-bond acceptors (Lipinski definition) is 5. The number of carbonyl (C=O) groups is 3. The van der Waals surface area contributed by atoms with Crippen molar-refractivity contribution in [3.05, 3.63) is 83.7 Å². The molecule has 0 aromatic heterocycles. The molecule has 3 aromatic rings. The molecule has 0 saturated heterocycles. The van der Waals surface area contributed by atoms with Gasteiger partial charge in [0.05, 0.1) is 5.69 Å². The van der Waals surface area contributed by atoms with Gasteiger partial charge in [-0.15, -0.1) is 0 Å². The highest BCUT2D eigenvalue weighted by molar-refractivity contribution is 6.08. The highest BCUT2D eigenvalue weighted by atomic mass is 19.2. The van der Waals surface area contributed by atoms with Crippen LogP contribution in [0.25, 0.3) is 0 Å². The molecule has 2 amide bonds. The Bertz CT molecular complexity index is 1300. The third kappa shape index (κ3) is 5.26. The van der Waals surface area contributed by atoms with Gasteiger partial charge in [0.25, 0.3) is 5.91 Å². The van der Waals surface area contributed by atoms with Crippen LogP contribution in [0.4, 0.5) is 24.5 Å². The van der Waals surface area contributed by atoms with E-state index in [1.165, 1.54) is 60.4 Å². The van der Waals surface area contributed by atoms with Gasteiger partial charge in [-0.05, 0) is 61.5 Å². The number of fused-ring (bicyclic) bond motifs is 1. The molecule has 180 valence electrons. The van der Waals surface area contributed by atoms with Crippen molar-refractivity contribution >= 4 is 29.0 Å². The molecular formula is C25H19F3N2O5. The fourth-order valence-corrected chi connectivity index (χ4v) is 3.47. The fraction of sp³-hybridized carbons (Fsp3) is 0.160. The summed E-state index contributed by atoms with van der Waals surface area (Å²) >= 11 is 0. The smallest absolute Gasteiger partial charge is 0.265 e. The SMILES string of the molecule is CC(C(=O)Nc1ccc(F)cc1)N1C(=O)COc2ccc(C(=O)COc3ccc(F)c(F)c3)cc21. The maximum Gasteiger partial charge on any atom is 0.265 e. The summed E-state index contributed by atoms with van der Waals surface area (Å²) < 4.78 is 50.2. The van der Waals surface area contributed by atoms with Crippen molar-refractivity contribution in [2.45, 2.75) is 13.0 Å².